The van der Waals surface area contributed by atoms with Crippen molar-refractivity contribution < 1.29 is 9.84 Å². The van der Waals surface area contributed by atoms with Gasteiger partial charge in [0.1, 0.15) is 11.5 Å². The Morgan fingerprint density at radius 3 is 2.71 bits per heavy atom. The molecule has 1 heterocycles. The maximum absolute atomic E-state index is 9.14. The van der Waals surface area contributed by atoms with Crippen LogP contribution in [0.3, 0.4) is 0 Å². The molecule has 3 N–H and O–H groups in total. The molecular formula is C17H16N2O2. The summed E-state index contributed by atoms with van der Waals surface area (Å²) < 4.78 is 6.04. The number of rotatable bonds is 4. The Kier molecular flexibility index (Phi) is 3.71. The molecule has 0 bridgehead atoms. The van der Waals surface area contributed by atoms with Crippen LogP contribution < -0.4 is 10.5 Å². The van der Waals surface area contributed by atoms with Gasteiger partial charge in [0.25, 0.3) is 0 Å². The zero-order valence-corrected chi connectivity index (χ0v) is 11.5. The summed E-state index contributed by atoms with van der Waals surface area (Å²) in [6, 6.07) is 13.2. The number of nitrogens with two attached hydrogens (primary N) is 1. The molecule has 3 rings (SSSR count). The molecule has 2 aromatic carbocycles. The Hall–Kier alpha value is -2.59. The highest BCUT2D eigenvalue weighted by Gasteiger charge is 2.08. The second-order valence-corrected chi connectivity index (χ2v) is 4.76. The number of anilines is 1. The van der Waals surface area contributed by atoms with E-state index in [1.165, 1.54) is 0 Å². The van der Waals surface area contributed by atoms with Crippen LogP contribution in [0.25, 0.3) is 10.8 Å². The molecule has 0 saturated heterocycles. The summed E-state index contributed by atoms with van der Waals surface area (Å²) >= 11 is 0. The molecule has 0 saturated carbocycles. The molecule has 4 nitrogen and oxygen atoms in total. The van der Waals surface area contributed by atoms with Crippen LogP contribution >= 0.6 is 0 Å². The van der Waals surface area contributed by atoms with Gasteiger partial charge in [0.15, 0.2) is 0 Å². The smallest absolute Gasteiger partial charge is 0.135 e. The van der Waals surface area contributed by atoms with Crippen molar-refractivity contribution >= 4 is 16.5 Å². The second kappa shape index (κ2) is 5.81. The van der Waals surface area contributed by atoms with E-state index < -0.39 is 0 Å². The predicted octanol–water partition coefficient (Wildman–Crippen LogP) is 3.14. The van der Waals surface area contributed by atoms with E-state index in [9.17, 15) is 0 Å². The van der Waals surface area contributed by atoms with Crippen molar-refractivity contribution in [3.63, 3.8) is 0 Å². The van der Waals surface area contributed by atoms with Crippen molar-refractivity contribution in [2.24, 2.45) is 0 Å². The molecule has 0 aliphatic carbocycles. The number of hydrogen-bond donors (Lipinski definition) is 2. The Balaban J connectivity index is 2.05. The first-order chi connectivity index (χ1) is 10.3. The van der Waals surface area contributed by atoms with Crippen molar-refractivity contribution in [3.8, 4) is 11.5 Å². The Morgan fingerprint density at radius 1 is 1.00 bits per heavy atom. The topological polar surface area (TPSA) is 68.4 Å². The lowest BCUT2D eigenvalue weighted by Gasteiger charge is -2.13. The standard InChI is InChI=1S/C17H16N2O2/c18-15-5-6-17(13-7-9-19-11-14(13)15)21-16-4-2-1-3-12(16)8-10-20/h1-7,9,11,20H,8,10,18H2. The largest absolute Gasteiger partial charge is 0.456 e. The van der Waals surface area contributed by atoms with E-state index in [1.807, 2.05) is 42.5 Å². The van der Waals surface area contributed by atoms with Crippen LogP contribution in [0.15, 0.2) is 54.9 Å². The third-order valence-corrected chi connectivity index (χ3v) is 3.39. The van der Waals surface area contributed by atoms with Gasteiger partial charge in [-0.15, -0.1) is 0 Å². The quantitative estimate of drug-likeness (QED) is 0.720. The van der Waals surface area contributed by atoms with Gasteiger partial charge in [0.05, 0.1) is 0 Å². The summed E-state index contributed by atoms with van der Waals surface area (Å²) in [6.45, 7) is 0.0901. The van der Waals surface area contributed by atoms with Gasteiger partial charge in [-0.1, -0.05) is 18.2 Å². The van der Waals surface area contributed by atoms with E-state index in [0.717, 1.165) is 27.8 Å². The summed E-state index contributed by atoms with van der Waals surface area (Å²) in [5.74, 6) is 1.47. The summed E-state index contributed by atoms with van der Waals surface area (Å²) in [6.07, 6.45) is 4.01. The van der Waals surface area contributed by atoms with E-state index in [0.29, 0.717) is 12.1 Å². The second-order valence-electron chi connectivity index (χ2n) is 4.76. The van der Waals surface area contributed by atoms with Gasteiger partial charge in [-0.25, -0.2) is 0 Å². The highest BCUT2D eigenvalue weighted by atomic mass is 16.5. The van der Waals surface area contributed by atoms with Crippen molar-refractivity contribution in [2.45, 2.75) is 6.42 Å². The van der Waals surface area contributed by atoms with Gasteiger partial charge in [-0.3, -0.25) is 4.98 Å². The zero-order valence-electron chi connectivity index (χ0n) is 11.5. The molecule has 1 aromatic heterocycles. The van der Waals surface area contributed by atoms with Gasteiger partial charge in [-0.2, -0.15) is 0 Å². The average Bonchev–Trinajstić information content (AvgIpc) is 2.52. The lowest BCUT2D eigenvalue weighted by Crippen LogP contribution is -1.96. The van der Waals surface area contributed by atoms with Crippen molar-refractivity contribution in [2.75, 3.05) is 12.3 Å². The van der Waals surface area contributed by atoms with E-state index >= 15 is 0 Å². The minimum absolute atomic E-state index is 0.0901. The molecule has 0 aliphatic rings. The molecule has 21 heavy (non-hydrogen) atoms. The first kappa shape index (κ1) is 13.4. The van der Waals surface area contributed by atoms with E-state index in [2.05, 4.69) is 4.98 Å². The summed E-state index contributed by atoms with van der Waals surface area (Å²) in [5, 5.41) is 10.9. The number of ether oxygens (including phenoxy) is 1. The molecular weight excluding hydrogens is 264 g/mol. The van der Waals surface area contributed by atoms with Crippen LogP contribution in [0, 0.1) is 0 Å². The number of pyridine rings is 1. The van der Waals surface area contributed by atoms with Crippen LogP contribution in [-0.2, 0) is 6.42 Å². The molecule has 0 unspecified atom stereocenters. The van der Waals surface area contributed by atoms with Crippen LogP contribution in [0.4, 0.5) is 5.69 Å². The maximum atomic E-state index is 9.14. The number of nitrogens with zero attached hydrogens (tertiary/aromatic N) is 1. The predicted molar refractivity (Wildman–Crippen MR) is 83.5 cm³/mol. The fourth-order valence-electron chi connectivity index (χ4n) is 2.32. The van der Waals surface area contributed by atoms with Gasteiger partial charge in [0, 0.05) is 35.5 Å². The molecule has 106 valence electrons. The third kappa shape index (κ3) is 2.66. The van der Waals surface area contributed by atoms with Gasteiger partial charge >= 0.3 is 0 Å². The van der Waals surface area contributed by atoms with Crippen LogP contribution in [0.5, 0.6) is 11.5 Å². The Bertz CT molecular complexity index is 772. The van der Waals surface area contributed by atoms with Crippen molar-refractivity contribution in [1.29, 1.82) is 0 Å². The third-order valence-electron chi connectivity index (χ3n) is 3.39. The van der Waals surface area contributed by atoms with Crippen molar-refractivity contribution in [1.82, 2.24) is 4.98 Å². The molecule has 0 amide bonds. The van der Waals surface area contributed by atoms with E-state index in [4.69, 9.17) is 15.6 Å². The number of nitrogen functional groups attached to an aromatic ring is 1. The minimum Gasteiger partial charge on any atom is -0.456 e. The number of benzene rings is 2. The maximum Gasteiger partial charge on any atom is 0.135 e. The minimum atomic E-state index is 0.0901. The number of fused-ring (bicyclic) bond motifs is 1. The summed E-state index contributed by atoms with van der Waals surface area (Å²) in [4.78, 5) is 4.10. The van der Waals surface area contributed by atoms with E-state index in [1.54, 1.807) is 12.4 Å². The lowest BCUT2D eigenvalue weighted by atomic mass is 10.1. The fourth-order valence-corrected chi connectivity index (χ4v) is 2.32. The molecule has 0 atom stereocenters. The molecule has 0 fully saturated rings. The number of hydrogen-bond acceptors (Lipinski definition) is 4. The highest BCUT2D eigenvalue weighted by Crippen LogP contribution is 2.33. The number of aromatic nitrogens is 1. The first-order valence-electron chi connectivity index (χ1n) is 6.78. The monoisotopic (exact) mass is 280 g/mol. The average molecular weight is 280 g/mol. The van der Waals surface area contributed by atoms with Crippen LogP contribution in [0.1, 0.15) is 5.56 Å². The van der Waals surface area contributed by atoms with Gasteiger partial charge in [0.2, 0.25) is 0 Å². The molecule has 0 radical (unpaired) electrons. The normalized spacial score (nSPS) is 10.7. The highest BCUT2D eigenvalue weighted by molar-refractivity contribution is 5.96. The molecule has 0 aliphatic heterocycles. The number of aliphatic hydroxyl groups excluding tert-OH is 1. The zero-order chi connectivity index (χ0) is 14.7. The number of aliphatic hydroxyl groups is 1. The summed E-state index contributed by atoms with van der Waals surface area (Å²) in [5.41, 5.74) is 7.61. The molecule has 0 spiro atoms. The van der Waals surface area contributed by atoms with Crippen LogP contribution in [-0.4, -0.2) is 16.7 Å². The Morgan fingerprint density at radius 2 is 1.86 bits per heavy atom. The summed E-state index contributed by atoms with van der Waals surface area (Å²) in [7, 11) is 0. The first-order valence-corrected chi connectivity index (χ1v) is 6.78. The molecule has 4 heteroatoms. The number of para-hydroxylation sites is 1. The van der Waals surface area contributed by atoms with Gasteiger partial charge < -0.3 is 15.6 Å². The van der Waals surface area contributed by atoms with Crippen LogP contribution in [0.2, 0.25) is 0 Å². The lowest BCUT2D eigenvalue weighted by molar-refractivity contribution is 0.298. The Labute approximate surface area is 122 Å². The van der Waals surface area contributed by atoms with Gasteiger partial charge in [-0.05, 0) is 36.2 Å². The van der Waals surface area contributed by atoms with E-state index in [-0.39, 0.29) is 6.61 Å². The SMILES string of the molecule is Nc1ccc(Oc2ccccc2CCO)c2ccncc12. The van der Waals surface area contributed by atoms with Crippen molar-refractivity contribution in [3.05, 3.63) is 60.4 Å². The molecule has 3 aromatic rings. The fraction of sp³-hybridized carbons (Fsp3) is 0.118.